The van der Waals surface area contributed by atoms with E-state index in [4.69, 9.17) is 0 Å². The highest BCUT2D eigenvalue weighted by atomic mass is 79.9. The molecule has 1 rings (SSSR count). The van der Waals surface area contributed by atoms with Crippen LogP contribution in [0.25, 0.3) is 0 Å². The fraction of sp³-hybridized carbons (Fsp3) is 0.692. The molecule has 0 aromatic carbocycles. The molecule has 120 valence electrons. The van der Waals surface area contributed by atoms with Crippen LogP contribution in [-0.2, 0) is 16.4 Å². The maximum Gasteiger partial charge on any atom is 0.283 e. The van der Waals surface area contributed by atoms with Crippen molar-refractivity contribution in [3.8, 4) is 0 Å². The zero-order valence-corrected chi connectivity index (χ0v) is 15.4. The van der Waals surface area contributed by atoms with Crippen LogP contribution >= 0.6 is 15.9 Å². The van der Waals surface area contributed by atoms with Gasteiger partial charge in [0, 0.05) is 19.3 Å². The molecule has 1 aromatic heterocycles. The molecule has 0 saturated carbocycles. The molecule has 1 aromatic rings. The normalized spacial score (nSPS) is 12.7. The molecule has 0 atom stereocenters. The van der Waals surface area contributed by atoms with Gasteiger partial charge in [-0.1, -0.05) is 13.8 Å². The van der Waals surface area contributed by atoms with E-state index in [2.05, 4.69) is 26.3 Å². The highest BCUT2D eigenvalue weighted by Crippen LogP contribution is 2.20. The first kappa shape index (κ1) is 18.2. The summed E-state index contributed by atoms with van der Waals surface area (Å²) in [6.07, 6.45) is 2.73. The summed E-state index contributed by atoms with van der Waals surface area (Å²) in [5, 5.41) is 7.08. The largest absolute Gasteiger partial charge is 0.381 e. The van der Waals surface area contributed by atoms with Gasteiger partial charge in [-0.05, 0) is 35.7 Å². The summed E-state index contributed by atoms with van der Waals surface area (Å²) in [4.78, 5) is 12.1. The van der Waals surface area contributed by atoms with Crippen molar-refractivity contribution >= 4 is 31.5 Å². The summed E-state index contributed by atoms with van der Waals surface area (Å²) in [5.74, 6) is 0.310. The van der Waals surface area contributed by atoms with Crippen molar-refractivity contribution < 1.29 is 8.42 Å². The zero-order chi connectivity index (χ0) is 16.4. The molecule has 21 heavy (non-hydrogen) atoms. The Bertz CT molecular complexity index is 666. The summed E-state index contributed by atoms with van der Waals surface area (Å²) in [6.45, 7) is 8.01. The molecule has 0 radical (unpaired) electrons. The van der Waals surface area contributed by atoms with E-state index in [0.717, 1.165) is 0 Å². The first-order valence-corrected chi connectivity index (χ1v) is 9.33. The van der Waals surface area contributed by atoms with Gasteiger partial charge in [-0.2, -0.15) is 5.10 Å². The minimum absolute atomic E-state index is 0.194. The van der Waals surface area contributed by atoms with E-state index >= 15 is 0 Å². The molecular formula is C13H22BrN3O3S. The smallest absolute Gasteiger partial charge is 0.283 e. The van der Waals surface area contributed by atoms with Crippen molar-refractivity contribution in [1.29, 1.82) is 0 Å². The van der Waals surface area contributed by atoms with Crippen molar-refractivity contribution in [3.63, 3.8) is 0 Å². The van der Waals surface area contributed by atoms with Crippen LogP contribution in [0.5, 0.6) is 0 Å². The molecule has 6 nitrogen and oxygen atoms in total. The molecule has 8 heteroatoms. The second-order valence-corrected chi connectivity index (χ2v) is 9.58. The van der Waals surface area contributed by atoms with Gasteiger partial charge in [-0.3, -0.25) is 4.79 Å². The lowest BCUT2D eigenvalue weighted by molar-refractivity contribution is 0.462. The van der Waals surface area contributed by atoms with Crippen molar-refractivity contribution in [1.82, 2.24) is 9.78 Å². The zero-order valence-electron chi connectivity index (χ0n) is 13.0. The van der Waals surface area contributed by atoms with Gasteiger partial charge >= 0.3 is 0 Å². The molecule has 0 aliphatic carbocycles. The average molecular weight is 380 g/mol. The predicted octanol–water partition coefficient (Wildman–Crippen LogP) is 1.90. The van der Waals surface area contributed by atoms with Crippen molar-refractivity contribution in [2.75, 3.05) is 18.1 Å². The van der Waals surface area contributed by atoms with E-state index in [0.29, 0.717) is 22.6 Å². The molecule has 0 spiro atoms. The summed E-state index contributed by atoms with van der Waals surface area (Å²) in [6, 6.07) is 0. The van der Waals surface area contributed by atoms with E-state index in [1.807, 2.05) is 13.8 Å². The summed E-state index contributed by atoms with van der Waals surface area (Å²) in [5.41, 5.74) is 0.266. The van der Waals surface area contributed by atoms with E-state index in [-0.39, 0.29) is 12.1 Å². The Morgan fingerprint density at radius 2 is 2.00 bits per heavy atom. The number of sulfone groups is 1. The van der Waals surface area contributed by atoms with Gasteiger partial charge in [0.25, 0.3) is 5.56 Å². The molecule has 0 saturated heterocycles. The lowest BCUT2D eigenvalue weighted by atomic mass is 10.2. The fourth-order valence-corrected chi connectivity index (χ4v) is 2.29. The molecule has 0 amide bonds. The number of nitrogens with one attached hydrogen (secondary N) is 1. The number of hydrogen-bond donors (Lipinski definition) is 1. The SMILES string of the molecule is CC(C)Cn1ncc(NCC(C)(C)S(C)(=O)=O)c(Br)c1=O. The molecule has 0 bridgehead atoms. The van der Waals surface area contributed by atoms with Gasteiger partial charge in [-0.15, -0.1) is 0 Å². The Morgan fingerprint density at radius 3 is 2.48 bits per heavy atom. The molecule has 0 fully saturated rings. The van der Waals surface area contributed by atoms with Gasteiger partial charge in [0.05, 0.1) is 16.6 Å². The second-order valence-electron chi connectivity index (χ2n) is 6.14. The van der Waals surface area contributed by atoms with Gasteiger partial charge in [0.1, 0.15) is 4.47 Å². The Hall–Kier alpha value is -0.890. The average Bonchev–Trinajstić information content (AvgIpc) is 2.32. The Kier molecular flexibility index (Phi) is 5.60. The van der Waals surface area contributed by atoms with E-state index < -0.39 is 14.6 Å². The summed E-state index contributed by atoms with van der Waals surface area (Å²) >= 11 is 3.25. The topological polar surface area (TPSA) is 81.1 Å². The third kappa shape index (κ3) is 4.54. The van der Waals surface area contributed by atoms with Crippen LogP contribution < -0.4 is 10.9 Å². The van der Waals surface area contributed by atoms with Crippen LogP contribution in [0.4, 0.5) is 5.69 Å². The third-order valence-corrected chi connectivity index (χ3v) is 6.15. The lowest BCUT2D eigenvalue weighted by Gasteiger charge is -2.23. The van der Waals surface area contributed by atoms with Gasteiger partial charge in [0.15, 0.2) is 9.84 Å². The molecule has 0 aliphatic rings. The Morgan fingerprint density at radius 1 is 1.43 bits per heavy atom. The summed E-state index contributed by atoms with van der Waals surface area (Å²) in [7, 11) is -3.20. The lowest BCUT2D eigenvalue weighted by Crippen LogP contribution is -2.38. The molecule has 1 N–H and O–H groups in total. The minimum atomic E-state index is -3.20. The van der Waals surface area contributed by atoms with Crippen molar-refractivity contribution in [2.24, 2.45) is 5.92 Å². The number of hydrogen-bond acceptors (Lipinski definition) is 5. The molecular weight excluding hydrogens is 358 g/mol. The number of anilines is 1. The van der Waals surface area contributed by atoms with E-state index in [1.165, 1.54) is 17.1 Å². The fourth-order valence-electron chi connectivity index (χ4n) is 1.50. The van der Waals surface area contributed by atoms with Crippen molar-refractivity contribution in [2.45, 2.75) is 39.0 Å². The third-order valence-electron chi connectivity index (χ3n) is 3.23. The summed E-state index contributed by atoms with van der Waals surface area (Å²) < 4.78 is 24.2. The number of rotatable bonds is 6. The second kappa shape index (κ2) is 6.48. The van der Waals surface area contributed by atoms with Gasteiger partial charge in [0.2, 0.25) is 0 Å². The first-order valence-electron chi connectivity index (χ1n) is 6.65. The van der Waals surface area contributed by atoms with Crippen LogP contribution in [0.3, 0.4) is 0 Å². The minimum Gasteiger partial charge on any atom is -0.381 e. The van der Waals surface area contributed by atoms with Crippen LogP contribution in [0.1, 0.15) is 27.7 Å². The highest BCUT2D eigenvalue weighted by molar-refractivity contribution is 9.10. The van der Waals surface area contributed by atoms with Crippen LogP contribution in [0.15, 0.2) is 15.5 Å². The van der Waals surface area contributed by atoms with E-state index in [9.17, 15) is 13.2 Å². The van der Waals surface area contributed by atoms with Crippen molar-refractivity contribution in [3.05, 3.63) is 21.0 Å². The highest BCUT2D eigenvalue weighted by Gasteiger charge is 2.30. The standard InChI is InChI=1S/C13H22BrN3O3S/c1-9(2)7-17-12(18)11(14)10(6-16-17)15-8-13(3,4)21(5,19)20/h6,9,15H,7-8H2,1-5H3. The van der Waals surface area contributed by atoms with Crippen LogP contribution in [0.2, 0.25) is 0 Å². The number of nitrogens with zero attached hydrogens (tertiary/aromatic N) is 2. The predicted molar refractivity (Wildman–Crippen MR) is 88.4 cm³/mol. The Balaban J connectivity index is 2.97. The van der Waals surface area contributed by atoms with Gasteiger partial charge < -0.3 is 5.32 Å². The van der Waals surface area contributed by atoms with Crippen LogP contribution in [0, 0.1) is 5.92 Å². The quantitative estimate of drug-likeness (QED) is 0.815. The monoisotopic (exact) mass is 379 g/mol. The maximum absolute atomic E-state index is 12.1. The Labute approximate surface area is 134 Å². The molecule has 0 unspecified atom stereocenters. The number of halogens is 1. The van der Waals surface area contributed by atoms with Crippen LogP contribution in [-0.4, -0.2) is 35.7 Å². The first-order chi connectivity index (χ1) is 9.45. The number of aromatic nitrogens is 2. The molecule has 0 aliphatic heterocycles. The van der Waals surface area contributed by atoms with E-state index in [1.54, 1.807) is 13.8 Å². The maximum atomic E-state index is 12.1. The van der Waals surface area contributed by atoms with Gasteiger partial charge in [-0.25, -0.2) is 13.1 Å². The molecule has 1 heterocycles.